The van der Waals surface area contributed by atoms with E-state index in [-0.39, 0.29) is 11.8 Å². The minimum Gasteiger partial charge on any atom is -0.452 e. The molecular formula is C19H21FN6O2. The summed E-state index contributed by atoms with van der Waals surface area (Å²) in [6.07, 6.45) is 3.29. The number of likely N-dealkylation sites (N-methyl/N-ethyl adjacent to an activating group) is 1. The van der Waals surface area contributed by atoms with Crippen molar-refractivity contribution in [3.8, 4) is 11.5 Å². The highest BCUT2D eigenvalue weighted by atomic mass is 19.1. The molecule has 2 aromatic heterocycles. The summed E-state index contributed by atoms with van der Waals surface area (Å²) in [6.45, 7) is 2.98. The largest absolute Gasteiger partial charge is 0.452 e. The Morgan fingerprint density at radius 3 is 2.71 bits per heavy atom. The van der Waals surface area contributed by atoms with Gasteiger partial charge in [0.2, 0.25) is 0 Å². The number of nitrogens with two attached hydrogens (primary N) is 1. The Balaban J connectivity index is 1.59. The number of aromatic nitrogens is 2. The van der Waals surface area contributed by atoms with Crippen molar-refractivity contribution in [2.24, 2.45) is 0 Å². The SMILES string of the molecule is CN1CCN(C(=O)Nc2cc(Oc3ccc(N)cc3F)c3ccnn3c2)CC1. The highest BCUT2D eigenvalue weighted by Crippen LogP contribution is 2.31. The van der Waals surface area contributed by atoms with Crippen molar-refractivity contribution in [2.75, 3.05) is 44.3 Å². The van der Waals surface area contributed by atoms with Gasteiger partial charge in [-0.15, -0.1) is 0 Å². The van der Waals surface area contributed by atoms with Gasteiger partial charge in [-0.2, -0.15) is 5.10 Å². The maximum atomic E-state index is 14.1. The Kier molecular flexibility index (Phi) is 4.74. The van der Waals surface area contributed by atoms with Crippen LogP contribution in [-0.2, 0) is 0 Å². The van der Waals surface area contributed by atoms with Crippen LogP contribution in [0, 0.1) is 5.82 Å². The number of hydrogen-bond donors (Lipinski definition) is 2. The molecule has 1 saturated heterocycles. The summed E-state index contributed by atoms with van der Waals surface area (Å²) in [6, 6.07) is 7.43. The molecule has 3 N–H and O–H groups in total. The number of nitrogens with zero attached hydrogens (tertiary/aromatic N) is 4. The molecule has 4 rings (SSSR count). The fraction of sp³-hybridized carbons (Fsp3) is 0.263. The zero-order valence-corrected chi connectivity index (χ0v) is 15.4. The van der Waals surface area contributed by atoms with E-state index in [1.54, 1.807) is 40.0 Å². The van der Waals surface area contributed by atoms with Crippen LogP contribution in [0.1, 0.15) is 0 Å². The van der Waals surface area contributed by atoms with Crippen molar-refractivity contribution in [2.45, 2.75) is 0 Å². The second-order valence-corrected chi connectivity index (χ2v) is 6.77. The first-order chi connectivity index (χ1) is 13.5. The number of amides is 2. The molecule has 8 nitrogen and oxygen atoms in total. The van der Waals surface area contributed by atoms with Crippen LogP contribution >= 0.6 is 0 Å². The number of rotatable bonds is 3. The molecule has 1 fully saturated rings. The third-order valence-corrected chi connectivity index (χ3v) is 4.69. The monoisotopic (exact) mass is 384 g/mol. The van der Waals surface area contributed by atoms with Gasteiger partial charge in [-0.1, -0.05) is 0 Å². The minimum atomic E-state index is -0.565. The van der Waals surface area contributed by atoms with E-state index in [1.165, 1.54) is 12.1 Å². The van der Waals surface area contributed by atoms with Crippen LogP contribution in [0.15, 0.2) is 42.7 Å². The summed E-state index contributed by atoms with van der Waals surface area (Å²) in [7, 11) is 2.03. The van der Waals surface area contributed by atoms with Crippen LogP contribution in [0.3, 0.4) is 0 Å². The normalized spacial score (nSPS) is 15.0. The maximum Gasteiger partial charge on any atom is 0.321 e. The summed E-state index contributed by atoms with van der Waals surface area (Å²) in [5, 5.41) is 7.07. The number of hydrogen-bond acceptors (Lipinski definition) is 5. The van der Waals surface area contributed by atoms with Crippen LogP contribution in [0.25, 0.3) is 5.52 Å². The average Bonchev–Trinajstić information content (AvgIpc) is 3.13. The summed E-state index contributed by atoms with van der Waals surface area (Å²) < 4.78 is 21.5. The van der Waals surface area contributed by atoms with Gasteiger partial charge in [0.05, 0.1) is 18.1 Å². The molecule has 0 aliphatic carbocycles. The van der Waals surface area contributed by atoms with Gasteiger partial charge in [0.25, 0.3) is 0 Å². The second kappa shape index (κ2) is 7.35. The Morgan fingerprint density at radius 1 is 1.18 bits per heavy atom. The third kappa shape index (κ3) is 3.70. The van der Waals surface area contributed by atoms with E-state index in [4.69, 9.17) is 10.5 Å². The van der Waals surface area contributed by atoms with Gasteiger partial charge in [-0.05, 0) is 25.2 Å². The van der Waals surface area contributed by atoms with E-state index >= 15 is 0 Å². The molecule has 0 bridgehead atoms. The van der Waals surface area contributed by atoms with Crippen LogP contribution in [0.4, 0.5) is 20.6 Å². The molecule has 1 aliphatic heterocycles. The number of carbonyl (C=O) groups excluding carboxylic acids is 1. The van der Waals surface area contributed by atoms with Crippen LogP contribution in [0.2, 0.25) is 0 Å². The van der Waals surface area contributed by atoms with E-state index in [1.807, 2.05) is 7.05 Å². The first-order valence-electron chi connectivity index (χ1n) is 8.94. The molecule has 1 aliphatic rings. The highest BCUT2D eigenvalue weighted by molar-refractivity contribution is 5.90. The van der Waals surface area contributed by atoms with Crippen molar-refractivity contribution in [3.63, 3.8) is 0 Å². The lowest BCUT2D eigenvalue weighted by Crippen LogP contribution is -2.48. The number of halogens is 1. The fourth-order valence-electron chi connectivity index (χ4n) is 3.08. The molecule has 0 atom stereocenters. The minimum absolute atomic E-state index is 0.0415. The van der Waals surface area contributed by atoms with Gasteiger partial charge in [0.15, 0.2) is 17.3 Å². The van der Waals surface area contributed by atoms with E-state index in [0.717, 1.165) is 13.1 Å². The number of pyridine rings is 1. The number of nitrogen functional groups attached to an aromatic ring is 1. The average molecular weight is 384 g/mol. The van der Waals surface area contributed by atoms with Crippen molar-refractivity contribution in [1.82, 2.24) is 19.4 Å². The Morgan fingerprint density at radius 2 is 1.96 bits per heavy atom. The van der Waals surface area contributed by atoms with E-state index in [2.05, 4.69) is 15.3 Å². The molecule has 1 aromatic carbocycles. The van der Waals surface area contributed by atoms with E-state index in [0.29, 0.717) is 35.7 Å². The lowest BCUT2D eigenvalue weighted by atomic mass is 10.3. The lowest BCUT2D eigenvalue weighted by molar-refractivity contribution is 0.164. The first-order valence-corrected chi connectivity index (χ1v) is 8.94. The molecule has 0 radical (unpaired) electrons. The van der Waals surface area contributed by atoms with E-state index in [9.17, 15) is 9.18 Å². The number of urea groups is 1. The van der Waals surface area contributed by atoms with Gasteiger partial charge in [0.1, 0.15) is 5.52 Å². The fourth-order valence-corrected chi connectivity index (χ4v) is 3.08. The predicted octanol–water partition coefficient (Wildman–Crippen LogP) is 2.63. The zero-order valence-electron chi connectivity index (χ0n) is 15.4. The standard InChI is InChI=1S/C19H21FN6O2/c1-24-6-8-25(9-7-24)19(27)23-14-11-18(16-4-5-22-26(16)12-14)28-17-3-2-13(21)10-15(17)20/h2-5,10-12H,6-9,21H2,1H3,(H,23,27). The molecule has 28 heavy (non-hydrogen) atoms. The number of anilines is 2. The lowest BCUT2D eigenvalue weighted by Gasteiger charge is -2.32. The highest BCUT2D eigenvalue weighted by Gasteiger charge is 2.20. The van der Waals surface area contributed by atoms with Crippen molar-refractivity contribution >= 4 is 22.9 Å². The van der Waals surface area contributed by atoms with Crippen molar-refractivity contribution < 1.29 is 13.9 Å². The Hall–Kier alpha value is -3.33. The molecular weight excluding hydrogens is 363 g/mol. The van der Waals surface area contributed by atoms with Gasteiger partial charge in [-0.25, -0.2) is 13.7 Å². The smallest absolute Gasteiger partial charge is 0.321 e. The molecule has 0 unspecified atom stereocenters. The van der Waals surface area contributed by atoms with Gasteiger partial charge in [0, 0.05) is 44.0 Å². The number of carbonyl (C=O) groups is 1. The Labute approximate surface area is 161 Å². The zero-order chi connectivity index (χ0) is 19.7. The number of benzene rings is 1. The number of fused-ring (bicyclic) bond motifs is 1. The summed E-state index contributed by atoms with van der Waals surface area (Å²) in [4.78, 5) is 16.5. The van der Waals surface area contributed by atoms with Crippen LogP contribution < -0.4 is 15.8 Å². The number of piperazine rings is 1. The summed E-state index contributed by atoms with van der Waals surface area (Å²) in [5.41, 5.74) is 7.05. The Bertz CT molecular complexity index is 1010. The third-order valence-electron chi connectivity index (χ3n) is 4.69. The topological polar surface area (TPSA) is 88.1 Å². The molecule has 146 valence electrons. The van der Waals surface area contributed by atoms with Crippen molar-refractivity contribution in [1.29, 1.82) is 0 Å². The molecule has 3 aromatic rings. The second-order valence-electron chi connectivity index (χ2n) is 6.77. The number of ether oxygens (including phenoxy) is 1. The first kappa shape index (κ1) is 18.1. The van der Waals surface area contributed by atoms with Crippen LogP contribution in [-0.4, -0.2) is 58.7 Å². The molecule has 2 amide bonds. The number of nitrogens with one attached hydrogen (secondary N) is 1. The summed E-state index contributed by atoms with van der Waals surface area (Å²) >= 11 is 0. The molecule has 3 heterocycles. The van der Waals surface area contributed by atoms with Gasteiger partial charge in [-0.3, -0.25) is 0 Å². The maximum absolute atomic E-state index is 14.1. The van der Waals surface area contributed by atoms with Crippen molar-refractivity contribution in [3.05, 3.63) is 48.5 Å². The predicted molar refractivity (Wildman–Crippen MR) is 104 cm³/mol. The van der Waals surface area contributed by atoms with Gasteiger partial charge < -0.3 is 25.6 Å². The molecule has 0 saturated carbocycles. The molecule has 9 heteroatoms. The quantitative estimate of drug-likeness (QED) is 0.678. The van der Waals surface area contributed by atoms with E-state index < -0.39 is 5.82 Å². The molecule has 0 spiro atoms. The van der Waals surface area contributed by atoms with Crippen LogP contribution in [0.5, 0.6) is 11.5 Å². The van der Waals surface area contributed by atoms with Gasteiger partial charge >= 0.3 is 6.03 Å². The summed E-state index contributed by atoms with van der Waals surface area (Å²) in [5.74, 6) is -0.151.